The van der Waals surface area contributed by atoms with E-state index in [9.17, 15) is 4.79 Å². The van der Waals surface area contributed by atoms with Gasteiger partial charge in [-0.1, -0.05) is 0 Å². The van der Waals surface area contributed by atoms with Gasteiger partial charge in [-0.3, -0.25) is 9.78 Å². The Morgan fingerprint density at radius 3 is 3.12 bits per heavy atom. The lowest BCUT2D eigenvalue weighted by atomic mass is 10.2. The van der Waals surface area contributed by atoms with Crippen LogP contribution >= 0.6 is 0 Å². The van der Waals surface area contributed by atoms with Gasteiger partial charge in [0.15, 0.2) is 0 Å². The van der Waals surface area contributed by atoms with Crippen LogP contribution in [0.1, 0.15) is 18.4 Å². The number of nitrogens with zero attached hydrogens (tertiary/aromatic N) is 1. The third-order valence-electron chi connectivity index (χ3n) is 2.96. The second-order valence-corrected chi connectivity index (χ2v) is 4.24. The minimum absolute atomic E-state index is 0.0146. The fraction of sp³-hybridized carbons (Fsp3) is 0.500. The smallest absolute Gasteiger partial charge is 0.253 e. The molecule has 0 aromatic carbocycles. The molecule has 3 N–H and O–H groups in total. The Hall–Kier alpha value is -1.46. The van der Waals surface area contributed by atoms with E-state index in [1.165, 1.54) is 0 Å². The summed E-state index contributed by atoms with van der Waals surface area (Å²) in [7, 11) is 0. The van der Waals surface area contributed by atoms with Gasteiger partial charge >= 0.3 is 0 Å². The average Bonchev–Trinajstić information content (AvgIpc) is 2.81. The number of nitrogens with one attached hydrogen (secondary N) is 1. The monoisotopic (exact) mass is 235 g/mol. The second kappa shape index (κ2) is 5.25. The van der Waals surface area contributed by atoms with E-state index in [1.807, 2.05) is 13.0 Å². The molecule has 1 amide bonds. The van der Waals surface area contributed by atoms with Gasteiger partial charge in [-0.2, -0.15) is 0 Å². The van der Waals surface area contributed by atoms with Gasteiger partial charge in [0, 0.05) is 12.7 Å². The number of ether oxygens (including phenoxy) is 1. The van der Waals surface area contributed by atoms with E-state index < -0.39 is 0 Å². The molecular weight excluding hydrogens is 218 g/mol. The summed E-state index contributed by atoms with van der Waals surface area (Å²) in [6.07, 6.45) is 4.54. The summed E-state index contributed by atoms with van der Waals surface area (Å²) >= 11 is 0. The highest BCUT2D eigenvalue weighted by Crippen LogP contribution is 2.21. The van der Waals surface area contributed by atoms with Crippen LogP contribution in [0.4, 0.5) is 5.69 Å². The molecule has 0 saturated carbocycles. The van der Waals surface area contributed by atoms with E-state index in [4.69, 9.17) is 10.5 Å². The molecule has 1 aromatic rings. The zero-order valence-corrected chi connectivity index (χ0v) is 9.85. The normalized spacial score (nSPS) is 23.6. The molecule has 1 aromatic heterocycles. The molecule has 5 heteroatoms. The molecule has 0 spiro atoms. The molecule has 2 rings (SSSR count). The van der Waals surface area contributed by atoms with Gasteiger partial charge in [0.05, 0.1) is 18.0 Å². The number of carbonyl (C=O) groups excluding carboxylic acids is 1. The standard InChI is InChI=1S/C12H17N3O2/c1-8-4-5-14-7-10(8)15-12(16)11-3-2-9(6-13)17-11/h4-5,7,9,11H,2-3,6,13H2,1H3,(H,15,16)/t9-,11+/m1/s1. The second-order valence-electron chi connectivity index (χ2n) is 4.24. The van der Waals surface area contributed by atoms with Crippen molar-refractivity contribution in [3.05, 3.63) is 24.0 Å². The number of rotatable bonds is 3. The minimum atomic E-state index is -0.386. The quantitative estimate of drug-likeness (QED) is 0.813. The van der Waals surface area contributed by atoms with Crippen LogP contribution in [0.15, 0.2) is 18.5 Å². The molecule has 1 saturated heterocycles. The van der Waals surface area contributed by atoms with Crippen LogP contribution in [0.3, 0.4) is 0 Å². The lowest BCUT2D eigenvalue weighted by molar-refractivity contribution is -0.126. The lowest BCUT2D eigenvalue weighted by Crippen LogP contribution is -2.30. The SMILES string of the molecule is Cc1ccncc1NC(=O)[C@@H]1CC[C@H](CN)O1. The zero-order chi connectivity index (χ0) is 12.3. The molecule has 1 fully saturated rings. The number of pyridine rings is 1. The van der Waals surface area contributed by atoms with E-state index in [2.05, 4.69) is 10.3 Å². The topological polar surface area (TPSA) is 77.2 Å². The largest absolute Gasteiger partial charge is 0.364 e. The van der Waals surface area contributed by atoms with Crippen molar-refractivity contribution >= 4 is 11.6 Å². The molecule has 2 atom stereocenters. The summed E-state index contributed by atoms with van der Waals surface area (Å²) in [6.45, 7) is 2.39. The van der Waals surface area contributed by atoms with Crippen molar-refractivity contribution in [1.82, 2.24) is 4.98 Å². The van der Waals surface area contributed by atoms with Crippen LogP contribution in [0, 0.1) is 6.92 Å². The lowest BCUT2D eigenvalue weighted by Gasteiger charge is -2.13. The molecule has 92 valence electrons. The molecule has 0 radical (unpaired) electrons. The maximum absolute atomic E-state index is 11.9. The first kappa shape index (κ1) is 12.0. The fourth-order valence-electron chi connectivity index (χ4n) is 1.88. The van der Waals surface area contributed by atoms with E-state index in [0.29, 0.717) is 6.54 Å². The van der Waals surface area contributed by atoms with Crippen molar-refractivity contribution in [2.24, 2.45) is 5.73 Å². The predicted molar refractivity (Wildman–Crippen MR) is 64.6 cm³/mol. The maximum Gasteiger partial charge on any atom is 0.253 e. The van der Waals surface area contributed by atoms with Crippen molar-refractivity contribution in [3.8, 4) is 0 Å². The molecule has 2 heterocycles. The van der Waals surface area contributed by atoms with E-state index in [0.717, 1.165) is 24.1 Å². The summed E-state index contributed by atoms with van der Waals surface area (Å²) in [4.78, 5) is 15.9. The van der Waals surface area contributed by atoms with Gasteiger partial charge in [0.2, 0.25) is 0 Å². The zero-order valence-electron chi connectivity index (χ0n) is 9.85. The van der Waals surface area contributed by atoms with Crippen LogP contribution in [-0.4, -0.2) is 29.6 Å². The molecule has 17 heavy (non-hydrogen) atoms. The average molecular weight is 235 g/mol. The summed E-state index contributed by atoms with van der Waals surface area (Å²) in [5.74, 6) is -0.114. The van der Waals surface area contributed by atoms with Crippen LogP contribution in [0.5, 0.6) is 0 Å². The van der Waals surface area contributed by atoms with Gasteiger partial charge in [0.25, 0.3) is 5.91 Å². The maximum atomic E-state index is 11.9. The van der Waals surface area contributed by atoms with Gasteiger partial charge in [-0.25, -0.2) is 0 Å². The van der Waals surface area contributed by atoms with Crippen molar-refractivity contribution in [1.29, 1.82) is 0 Å². The van der Waals surface area contributed by atoms with Crippen molar-refractivity contribution in [2.75, 3.05) is 11.9 Å². The highest BCUT2D eigenvalue weighted by atomic mass is 16.5. The Kier molecular flexibility index (Phi) is 3.71. The molecule has 1 aliphatic heterocycles. The third-order valence-corrected chi connectivity index (χ3v) is 2.96. The number of aryl methyl sites for hydroxylation is 1. The highest BCUT2D eigenvalue weighted by Gasteiger charge is 2.29. The number of carbonyl (C=O) groups is 1. The molecule has 0 aliphatic carbocycles. The number of aromatic nitrogens is 1. The molecule has 0 unspecified atom stereocenters. The molecule has 5 nitrogen and oxygen atoms in total. The van der Waals surface area contributed by atoms with Crippen molar-refractivity contribution in [2.45, 2.75) is 32.0 Å². The third kappa shape index (κ3) is 2.81. The van der Waals surface area contributed by atoms with Crippen LogP contribution < -0.4 is 11.1 Å². The van der Waals surface area contributed by atoms with Crippen LogP contribution in [0.25, 0.3) is 0 Å². The Morgan fingerprint density at radius 2 is 2.47 bits per heavy atom. The number of nitrogens with two attached hydrogens (primary N) is 1. The first-order valence-corrected chi connectivity index (χ1v) is 5.77. The van der Waals surface area contributed by atoms with Gasteiger partial charge < -0.3 is 15.8 Å². The molecule has 0 bridgehead atoms. The van der Waals surface area contributed by atoms with Gasteiger partial charge in [-0.05, 0) is 31.4 Å². The summed E-state index contributed by atoms with van der Waals surface area (Å²) in [5.41, 5.74) is 7.23. The minimum Gasteiger partial charge on any atom is -0.364 e. The molecule has 1 aliphatic rings. The van der Waals surface area contributed by atoms with E-state index in [1.54, 1.807) is 12.4 Å². The van der Waals surface area contributed by atoms with E-state index >= 15 is 0 Å². The van der Waals surface area contributed by atoms with Crippen molar-refractivity contribution in [3.63, 3.8) is 0 Å². The Morgan fingerprint density at radius 1 is 1.65 bits per heavy atom. The number of amides is 1. The Labute approximate surface area is 100 Å². The number of hydrogen-bond donors (Lipinski definition) is 2. The Balaban J connectivity index is 1.96. The Bertz CT molecular complexity index is 408. The van der Waals surface area contributed by atoms with Crippen LogP contribution in [-0.2, 0) is 9.53 Å². The van der Waals surface area contributed by atoms with Gasteiger partial charge in [-0.15, -0.1) is 0 Å². The summed E-state index contributed by atoms with van der Waals surface area (Å²) < 4.78 is 5.53. The van der Waals surface area contributed by atoms with Crippen LogP contribution in [0.2, 0.25) is 0 Å². The van der Waals surface area contributed by atoms with Gasteiger partial charge in [0.1, 0.15) is 6.10 Å². The predicted octanol–water partition coefficient (Wildman–Crippen LogP) is 0.835. The van der Waals surface area contributed by atoms with Crippen molar-refractivity contribution < 1.29 is 9.53 Å². The molecular formula is C12H17N3O2. The summed E-state index contributed by atoms with van der Waals surface area (Å²) in [5, 5.41) is 2.83. The highest BCUT2D eigenvalue weighted by molar-refractivity contribution is 5.94. The number of anilines is 1. The van der Waals surface area contributed by atoms with E-state index in [-0.39, 0.29) is 18.1 Å². The first-order valence-electron chi connectivity index (χ1n) is 5.77. The summed E-state index contributed by atoms with van der Waals surface area (Å²) in [6, 6.07) is 1.85. The number of hydrogen-bond acceptors (Lipinski definition) is 4. The first-order chi connectivity index (χ1) is 8.20. The fourth-order valence-corrected chi connectivity index (χ4v) is 1.88.